The van der Waals surface area contributed by atoms with Crippen LogP contribution in [0.5, 0.6) is 0 Å². The Bertz CT molecular complexity index is 437. The first-order chi connectivity index (χ1) is 9.52. The number of halogens is 1. The third-order valence-corrected chi connectivity index (χ3v) is 5.45. The largest absolute Gasteiger partial charge is 0.371 e. The standard InChI is InChI=1S/C17H27BrN2/c1-4-13-5-8-15(9-6-13)20(3)17-10-7-14(12(2)19)11-16(17)18/h7,10-13,15H,4-6,8-9,19H2,1-3H3/t12-,13?,15?/m1/s1. The van der Waals surface area contributed by atoms with E-state index < -0.39 is 0 Å². The van der Waals surface area contributed by atoms with Crippen LogP contribution >= 0.6 is 15.9 Å². The fraction of sp³-hybridized carbons (Fsp3) is 0.647. The van der Waals surface area contributed by atoms with Crippen molar-refractivity contribution in [2.75, 3.05) is 11.9 Å². The van der Waals surface area contributed by atoms with Gasteiger partial charge in [0, 0.05) is 23.6 Å². The maximum absolute atomic E-state index is 5.95. The second-order valence-electron chi connectivity index (χ2n) is 6.19. The molecule has 112 valence electrons. The van der Waals surface area contributed by atoms with Gasteiger partial charge in [0.15, 0.2) is 0 Å². The van der Waals surface area contributed by atoms with Crippen LogP contribution in [0.25, 0.3) is 0 Å². The summed E-state index contributed by atoms with van der Waals surface area (Å²) in [5, 5.41) is 0. The van der Waals surface area contributed by atoms with Gasteiger partial charge in [0.1, 0.15) is 0 Å². The average Bonchev–Trinajstić information content (AvgIpc) is 2.46. The zero-order chi connectivity index (χ0) is 14.7. The van der Waals surface area contributed by atoms with Crippen LogP contribution in [-0.2, 0) is 0 Å². The molecule has 0 bridgehead atoms. The maximum atomic E-state index is 5.95. The minimum atomic E-state index is 0.0886. The van der Waals surface area contributed by atoms with E-state index in [0.717, 1.165) is 10.4 Å². The molecule has 0 aromatic heterocycles. The SMILES string of the molecule is CCC1CCC(N(C)c2ccc([C@@H](C)N)cc2Br)CC1. The Morgan fingerprint density at radius 1 is 1.30 bits per heavy atom. The Balaban J connectivity index is 2.07. The van der Waals surface area contributed by atoms with E-state index in [1.54, 1.807) is 0 Å². The van der Waals surface area contributed by atoms with Crippen molar-refractivity contribution in [1.29, 1.82) is 0 Å². The van der Waals surface area contributed by atoms with Crippen molar-refractivity contribution >= 4 is 21.6 Å². The van der Waals surface area contributed by atoms with Gasteiger partial charge >= 0.3 is 0 Å². The first-order valence-electron chi connectivity index (χ1n) is 7.80. The van der Waals surface area contributed by atoms with E-state index in [4.69, 9.17) is 5.73 Å². The molecule has 1 fully saturated rings. The van der Waals surface area contributed by atoms with Gasteiger partial charge in [-0.15, -0.1) is 0 Å². The summed E-state index contributed by atoms with van der Waals surface area (Å²) in [6.45, 7) is 4.34. The Hall–Kier alpha value is -0.540. The van der Waals surface area contributed by atoms with Crippen molar-refractivity contribution in [2.24, 2.45) is 11.7 Å². The van der Waals surface area contributed by atoms with E-state index in [2.05, 4.69) is 53.0 Å². The molecule has 2 rings (SSSR count). The molecule has 1 aliphatic carbocycles. The zero-order valence-electron chi connectivity index (χ0n) is 12.9. The van der Waals surface area contributed by atoms with Crippen LogP contribution in [0.4, 0.5) is 5.69 Å². The van der Waals surface area contributed by atoms with E-state index in [1.165, 1.54) is 43.4 Å². The molecule has 1 saturated carbocycles. The molecule has 1 aromatic carbocycles. The van der Waals surface area contributed by atoms with Gasteiger partial charge in [0.25, 0.3) is 0 Å². The van der Waals surface area contributed by atoms with Crippen LogP contribution < -0.4 is 10.6 Å². The molecule has 0 saturated heterocycles. The van der Waals surface area contributed by atoms with Crippen LogP contribution in [0.3, 0.4) is 0 Å². The van der Waals surface area contributed by atoms with Gasteiger partial charge in [-0.2, -0.15) is 0 Å². The van der Waals surface area contributed by atoms with Crippen LogP contribution in [0.1, 0.15) is 57.6 Å². The van der Waals surface area contributed by atoms with Crippen molar-refractivity contribution in [2.45, 2.75) is 58.0 Å². The molecular formula is C17H27BrN2. The number of benzene rings is 1. The number of anilines is 1. The molecular weight excluding hydrogens is 312 g/mol. The molecule has 2 nitrogen and oxygen atoms in total. The molecule has 1 aromatic rings. The molecule has 3 heteroatoms. The summed E-state index contributed by atoms with van der Waals surface area (Å²) in [6.07, 6.45) is 6.72. The maximum Gasteiger partial charge on any atom is 0.0510 e. The number of hydrogen-bond donors (Lipinski definition) is 1. The van der Waals surface area contributed by atoms with Gasteiger partial charge in [-0.05, 0) is 72.2 Å². The summed E-state index contributed by atoms with van der Waals surface area (Å²) in [6, 6.07) is 7.28. The summed E-state index contributed by atoms with van der Waals surface area (Å²) < 4.78 is 1.16. The van der Waals surface area contributed by atoms with Gasteiger partial charge in [-0.1, -0.05) is 19.4 Å². The molecule has 0 radical (unpaired) electrons. The van der Waals surface area contributed by atoms with Gasteiger partial charge < -0.3 is 10.6 Å². The lowest BCUT2D eigenvalue weighted by atomic mass is 9.84. The Morgan fingerprint density at radius 2 is 1.95 bits per heavy atom. The van der Waals surface area contributed by atoms with Crippen molar-refractivity contribution in [3.8, 4) is 0 Å². The summed E-state index contributed by atoms with van der Waals surface area (Å²) in [5.74, 6) is 0.948. The lowest BCUT2D eigenvalue weighted by Crippen LogP contribution is -2.35. The number of rotatable bonds is 4. The van der Waals surface area contributed by atoms with Crippen LogP contribution in [0.2, 0.25) is 0 Å². The molecule has 1 atom stereocenters. The van der Waals surface area contributed by atoms with Gasteiger partial charge in [0.05, 0.1) is 5.69 Å². The molecule has 0 aliphatic heterocycles. The summed E-state index contributed by atoms with van der Waals surface area (Å²) in [7, 11) is 2.22. The Kier molecular flexibility index (Phi) is 5.50. The lowest BCUT2D eigenvalue weighted by Gasteiger charge is -2.36. The fourth-order valence-electron chi connectivity index (χ4n) is 3.23. The van der Waals surface area contributed by atoms with Crippen LogP contribution in [0, 0.1) is 5.92 Å². The quantitative estimate of drug-likeness (QED) is 0.848. The third-order valence-electron chi connectivity index (χ3n) is 4.82. The van der Waals surface area contributed by atoms with Crippen LogP contribution in [0.15, 0.2) is 22.7 Å². The van der Waals surface area contributed by atoms with Crippen molar-refractivity contribution in [1.82, 2.24) is 0 Å². The van der Waals surface area contributed by atoms with Gasteiger partial charge in [-0.3, -0.25) is 0 Å². The highest BCUT2D eigenvalue weighted by Gasteiger charge is 2.24. The highest BCUT2D eigenvalue weighted by atomic mass is 79.9. The summed E-state index contributed by atoms with van der Waals surface area (Å²) in [5.41, 5.74) is 8.42. The van der Waals surface area contributed by atoms with E-state index in [1.807, 2.05) is 6.92 Å². The van der Waals surface area contributed by atoms with Crippen molar-refractivity contribution in [3.63, 3.8) is 0 Å². The topological polar surface area (TPSA) is 29.3 Å². The van der Waals surface area contributed by atoms with Gasteiger partial charge in [-0.25, -0.2) is 0 Å². The van der Waals surface area contributed by atoms with E-state index in [0.29, 0.717) is 6.04 Å². The summed E-state index contributed by atoms with van der Waals surface area (Å²) in [4.78, 5) is 2.45. The third kappa shape index (κ3) is 3.56. The fourth-order valence-corrected chi connectivity index (χ4v) is 3.91. The Morgan fingerprint density at radius 3 is 2.45 bits per heavy atom. The normalized spacial score (nSPS) is 24.4. The van der Waals surface area contributed by atoms with E-state index in [-0.39, 0.29) is 6.04 Å². The second kappa shape index (κ2) is 6.95. The number of nitrogens with zero attached hydrogens (tertiary/aromatic N) is 1. The zero-order valence-corrected chi connectivity index (χ0v) is 14.5. The molecule has 0 unspecified atom stereocenters. The highest BCUT2D eigenvalue weighted by molar-refractivity contribution is 9.10. The molecule has 1 aliphatic rings. The van der Waals surface area contributed by atoms with Crippen molar-refractivity contribution in [3.05, 3.63) is 28.2 Å². The smallest absolute Gasteiger partial charge is 0.0510 e. The molecule has 2 N–H and O–H groups in total. The lowest BCUT2D eigenvalue weighted by molar-refractivity contribution is 0.313. The first kappa shape index (κ1) is 15.8. The predicted molar refractivity (Wildman–Crippen MR) is 91.2 cm³/mol. The molecule has 0 spiro atoms. The predicted octanol–water partition coefficient (Wildman–Crippen LogP) is 4.87. The number of nitrogens with two attached hydrogens (primary N) is 1. The first-order valence-corrected chi connectivity index (χ1v) is 8.60. The minimum absolute atomic E-state index is 0.0886. The van der Waals surface area contributed by atoms with E-state index in [9.17, 15) is 0 Å². The second-order valence-corrected chi connectivity index (χ2v) is 7.05. The number of hydrogen-bond acceptors (Lipinski definition) is 2. The summed E-state index contributed by atoms with van der Waals surface area (Å²) >= 11 is 3.71. The van der Waals surface area contributed by atoms with Crippen molar-refractivity contribution < 1.29 is 0 Å². The molecule has 0 heterocycles. The highest BCUT2D eigenvalue weighted by Crippen LogP contribution is 2.35. The monoisotopic (exact) mass is 338 g/mol. The molecule has 20 heavy (non-hydrogen) atoms. The molecule has 0 amide bonds. The van der Waals surface area contributed by atoms with Crippen LogP contribution in [-0.4, -0.2) is 13.1 Å². The Labute approximate surface area is 131 Å². The van der Waals surface area contributed by atoms with Gasteiger partial charge in [0.2, 0.25) is 0 Å². The van der Waals surface area contributed by atoms with E-state index >= 15 is 0 Å². The average molecular weight is 339 g/mol. The minimum Gasteiger partial charge on any atom is -0.371 e.